The maximum Gasteiger partial charge on any atom is 0.293 e. The Hall–Kier alpha value is -4.93. The molecule has 1 aromatic heterocycles. The van der Waals surface area contributed by atoms with Crippen molar-refractivity contribution in [3.8, 4) is 22.9 Å². The van der Waals surface area contributed by atoms with E-state index in [1.165, 1.54) is 25.3 Å². The van der Waals surface area contributed by atoms with Gasteiger partial charge in [0.2, 0.25) is 5.95 Å². The Bertz CT molecular complexity index is 1340. The van der Waals surface area contributed by atoms with Gasteiger partial charge in [0.15, 0.2) is 5.82 Å². The second kappa shape index (κ2) is 9.69. The normalized spacial score (nSPS) is 10.4. The molecule has 0 aliphatic heterocycles. The lowest BCUT2D eigenvalue weighted by molar-refractivity contribution is -0.383. The van der Waals surface area contributed by atoms with Gasteiger partial charge in [-0.2, -0.15) is 4.98 Å². The molecule has 172 valence electrons. The van der Waals surface area contributed by atoms with E-state index in [-0.39, 0.29) is 22.9 Å². The first kappa shape index (κ1) is 22.3. The third kappa shape index (κ3) is 4.78. The lowest BCUT2D eigenvalue weighted by Crippen LogP contribution is -2.13. The molecule has 0 bridgehead atoms. The fourth-order valence-electron chi connectivity index (χ4n) is 3.21. The van der Waals surface area contributed by atoms with E-state index in [2.05, 4.69) is 25.8 Å². The van der Waals surface area contributed by atoms with E-state index in [9.17, 15) is 14.9 Å². The van der Waals surface area contributed by atoms with Gasteiger partial charge in [0, 0.05) is 23.4 Å². The van der Waals surface area contributed by atoms with Crippen LogP contribution in [0, 0.1) is 10.1 Å². The Balaban J connectivity index is 1.54. The van der Waals surface area contributed by atoms with Gasteiger partial charge in [-0.1, -0.05) is 18.2 Å². The van der Waals surface area contributed by atoms with Crippen LogP contribution in [0.5, 0.6) is 11.5 Å². The number of methoxy groups -OCH3 is 2. The maximum absolute atomic E-state index is 12.7. The van der Waals surface area contributed by atoms with E-state index < -0.39 is 10.8 Å². The Morgan fingerprint density at radius 1 is 1.03 bits per heavy atom. The fourth-order valence-corrected chi connectivity index (χ4v) is 3.21. The highest BCUT2D eigenvalue weighted by atomic mass is 16.6. The number of nitrogens with one attached hydrogen (secondary N) is 3. The van der Waals surface area contributed by atoms with Crippen molar-refractivity contribution in [1.29, 1.82) is 0 Å². The molecule has 3 aromatic carbocycles. The minimum absolute atomic E-state index is 0.00649. The maximum atomic E-state index is 12.7. The first-order chi connectivity index (χ1) is 16.5. The smallest absolute Gasteiger partial charge is 0.293 e. The number of nitro benzene ring substituents is 1. The zero-order valence-corrected chi connectivity index (χ0v) is 18.2. The second-order valence-corrected chi connectivity index (χ2v) is 7.01. The van der Waals surface area contributed by atoms with Gasteiger partial charge < -0.3 is 14.8 Å². The Kier molecular flexibility index (Phi) is 6.35. The van der Waals surface area contributed by atoms with Crippen LogP contribution in [0.1, 0.15) is 10.4 Å². The number of ether oxygens (including phenoxy) is 2. The minimum atomic E-state index is -0.596. The molecule has 1 amide bonds. The number of carbonyl (C=O) groups excluding carboxylic acids is 1. The summed E-state index contributed by atoms with van der Waals surface area (Å²) in [7, 11) is 3.06. The van der Waals surface area contributed by atoms with Gasteiger partial charge >= 0.3 is 0 Å². The van der Waals surface area contributed by atoms with Crippen LogP contribution in [0.25, 0.3) is 11.4 Å². The number of hydrogen-bond acceptors (Lipinski definition) is 8. The van der Waals surface area contributed by atoms with E-state index in [0.29, 0.717) is 28.6 Å². The highest BCUT2D eigenvalue weighted by molar-refractivity contribution is 6.04. The summed E-state index contributed by atoms with van der Waals surface area (Å²) in [5.41, 5.74) is 1.40. The molecule has 4 aromatic rings. The minimum Gasteiger partial charge on any atom is -0.497 e. The molecule has 0 fully saturated rings. The van der Waals surface area contributed by atoms with Gasteiger partial charge in [-0.15, -0.1) is 5.10 Å². The molecule has 0 unspecified atom stereocenters. The van der Waals surface area contributed by atoms with Crippen LogP contribution >= 0.6 is 0 Å². The number of aromatic amines is 1. The summed E-state index contributed by atoms with van der Waals surface area (Å²) in [6.45, 7) is 0. The first-order valence-corrected chi connectivity index (χ1v) is 10.0. The highest BCUT2D eigenvalue weighted by Crippen LogP contribution is 2.32. The summed E-state index contributed by atoms with van der Waals surface area (Å²) in [6, 6.07) is 18.3. The standard InChI is InChI=1S/C23H20N6O5/c1-33-16-9-10-17(20(13-16)34-2)21-25-23(28-27-21)26-22(30)14-8-11-18(19(12-14)29(31)32)24-15-6-4-3-5-7-15/h3-13,24H,1-2H3,(H2,25,26,27,28,30). The number of para-hydroxylation sites is 1. The van der Waals surface area contributed by atoms with Crippen LogP contribution in [-0.2, 0) is 0 Å². The van der Waals surface area contributed by atoms with E-state index in [4.69, 9.17) is 9.47 Å². The molecule has 34 heavy (non-hydrogen) atoms. The zero-order valence-electron chi connectivity index (χ0n) is 18.2. The molecule has 0 aliphatic carbocycles. The fraction of sp³-hybridized carbons (Fsp3) is 0.0870. The summed E-state index contributed by atoms with van der Waals surface area (Å²) in [5.74, 6) is 0.891. The van der Waals surface area contributed by atoms with E-state index in [1.54, 1.807) is 37.4 Å². The number of nitrogens with zero attached hydrogens (tertiary/aromatic N) is 3. The molecule has 11 heteroatoms. The van der Waals surface area contributed by atoms with Crippen molar-refractivity contribution in [3.63, 3.8) is 0 Å². The molecule has 4 rings (SSSR count). The summed E-state index contributed by atoms with van der Waals surface area (Å²) >= 11 is 0. The van der Waals surface area contributed by atoms with Crippen LogP contribution in [0.4, 0.5) is 23.0 Å². The Labute approximate surface area is 193 Å². The number of rotatable bonds is 8. The molecule has 0 aliphatic rings. The summed E-state index contributed by atoms with van der Waals surface area (Å²) in [6.07, 6.45) is 0. The Morgan fingerprint density at radius 3 is 2.53 bits per heavy atom. The van der Waals surface area contributed by atoms with Gasteiger partial charge in [0.1, 0.15) is 17.2 Å². The zero-order chi connectivity index (χ0) is 24.1. The number of anilines is 3. The number of hydrogen-bond donors (Lipinski definition) is 3. The second-order valence-electron chi connectivity index (χ2n) is 7.01. The van der Waals surface area contributed by atoms with Crippen molar-refractivity contribution in [2.24, 2.45) is 0 Å². The van der Waals surface area contributed by atoms with Crippen molar-refractivity contribution in [2.45, 2.75) is 0 Å². The summed E-state index contributed by atoms with van der Waals surface area (Å²) < 4.78 is 10.6. The monoisotopic (exact) mass is 460 g/mol. The molecule has 0 saturated heterocycles. The van der Waals surface area contributed by atoms with Gasteiger partial charge in [0.05, 0.1) is 24.7 Å². The van der Waals surface area contributed by atoms with Crippen LogP contribution in [-0.4, -0.2) is 40.2 Å². The van der Waals surface area contributed by atoms with Gasteiger partial charge in [-0.3, -0.25) is 25.3 Å². The summed E-state index contributed by atoms with van der Waals surface area (Å²) in [4.78, 5) is 28.0. The van der Waals surface area contributed by atoms with Crippen molar-refractivity contribution in [2.75, 3.05) is 24.9 Å². The van der Waals surface area contributed by atoms with Crippen LogP contribution in [0.2, 0.25) is 0 Å². The molecule has 0 radical (unpaired) electrons. The quantitative estimate of drug-likeness (QED) is 0.259. The average Bonchev–Trinajstić information content (AvgIpc) is 3.32. The predicted molar refractivity (Wildman–Crippen MR) is 126 cm³/mol. The molecule has 11 nitrogen and oxygen atoms in total. The lowest BCUT2D eigenvalue weighted by Gasteiger charge is -2.08. The Morgan fingerprint density at radius 2 is 1.82 bits per heavy atom. The van der Waals surface area contributed by atoms with Crippen molar-refractivity contribution in [1.82, 2.24) is 15.2 Å². The summed E-state index contributed by atoms with van der Waals surface area (Å²) in [5, 5.41) is 23.9. The largest absolute Gasteiger partial charge is 0.497 e. The number of nitro groups is 1. The van der Waals surface area contributed by atoms with Gasteiger partial charge in [-0.05, 0) is 36.4 Å². The molecule has 1 heterocycles. The number of H-pyrrole nitrogens is 1. The number of carbonyl (C=O) groups is 1. The van der Waals surface area contributed by atoms with Crippen molar-refractivity contribution >= 4 is 28.9 Å². The van der Waals surface area contributed by atoms with E-state index in [1.807, 2.05) is 18.2 Å². The van der Waals surface area contributed by atoms with E-state index in [0.717, 1.165) is 0 Å². The van der Waals surface area contributed by atoms with Crippen molar-refractivity contribution < 1.29 is 19.2 Å². The van der Waals surface area contributed by atoms with Crippen LogP contribution in [0.15, 0.2) is 66.7 Å². The molecule has 0 spiro atoms. The SMILES string of the molecule is COc1ccc(-c2nc(NC(=O)c3ccc(Nc4ccccc4)c([N+](=O)[O-])c3)n[nH]2)c(OC)c1. The van der Waals surface area contributed by atoms with Crippen LogP contribution in [0.3, 0.4) is 0 Å². The van der Waals surface area contributed by atoms with E-state index >= 15 is 0 Å². The number of benzene rings is 3. The molecular formula is C23H20N6O5. The molecular weight excluding hydrogens is 440 g/mol. The first-order valence-electron chi connectivity index (χ1n) is 10.0. The lowest BCUT2D eigenvalue weighted by atomic mass is 10.1. The van der Waals surface area contributed by atoms with Gasteiger partial charge in [0.25, 0.3) is 11.6 Å². The molecule has 3 N–H and O–H groups in total. The highest BCUT2D eigenvalue weighted by Gasteiger charge is 2.19. The third-order valence-electron chi connectivity index (χ3n) is 4.88. The number of aromatic nitrogens is 3. The average molecular weight is 460 g/mol. The number of amides is 1. The van der Waals surface area contributed by atoms with Gasteiger partial charge in [-0.25, -0.2) is 0 Å². The third-order valence-corrected chi connectivity index (χ3v) is 4.88. The van der Waals surface area contributed by atoms with Crippen molar-refractivity contribution in [3.05, 3.63) is 82.4 Å². The molecule has 0 saturated carbocycles. The topological polar surface area (TPSA) is 144 Å². The predicted octanol–water partition coefficient (Wildman–Crippen LogP) is 4.39. The molecule has 0 atom stereocenters. The van der Waals surface area contributed by atoms with Crippen LogP contribution < -0.4 is 20.1 Å².